The lowest BCUT2D eigenvalue weighted by molar-refractivity contribution is -0.0504. The van der Waals surface area contributed by atoms with E-state index in [2.05, 4.69) is 32.2 Å². The van der Waals surface area contributed by atoms with Crippen molar-refractivity contribution in [3.05, 3.63) is 28.8 Å². The highest BCUT2D eigenvalue weighted by Gasteiger charge is 2.17. The predicted molar refractivity (Wildman–Crippen MR) is 118 cm³/mol. The first kappa shape index (κ1) is 25.1. The van der Waals surface area contributed by atoms with Crippen LogP contribution in [0.25, 0.3) is 0 Å². The Labute approximate surface area is 187 Å². The van der Waals surface area contributed by atoms with Gasteiger partial charge < -0.3 is 20.1 Å². The van der Waals surface area contributed by atoms with Crippen molar-refractivity contribution < 1.29 is 18.3 Å². The van der Waals surface area contributed by atoms with Crippen LogP contribution in [0.2, 0.25) is 5.02 Å². The average Bonchev–Trinajstić information content (AvgIpc) is 2.66. The molecule has 0 amide bonds. The second kappa shape index (κ2) is 13.3. The minimum absolute atomic E-state index is 0. The molecule has 0 radical (unpaired) electrons. The molecule has 0 aliphatic carbocycles. The summed E-state index contributed by atoms with van der Waals surface area (Å²) in [5, 5.41) is 6.90. The molecule has 28 heavy (non-hydrogen) atoms. The number of aliphatic imine (C=N–C) groups is 1. The van der Waals surface area contributed by atoms with E-state index in [1.54, 1.807) is 6.07 Å². The standard InChI is InChI=1S/C18H27ClF2N4O2.HI/c1-3-22-18(23-11-13(2)25-6-8-26-9-7-25)24-12-14-10-15(19)4-5-16(14)27-17(20)21;/h4-5,10,13,17H,3,6-9,11-12H2,1-2H3,(H2,22,23,24);1H. The van der Waals surface area contributed by atoms with Crippen LogP contribution in [-0.2, 0) is 11.3 Å². The molecule has 6 nitrogen and oxygen atoms in total. The lowest BCUT2D eigenvalue weighted by atomic mass is 10.2. The lowest BCUT2D eigenvalue weighted by Crippen LogP contribution is -2.49. The zero-order valence-corrected chi connectivity index (χ0v) is 19.2. The molecule has 0 bridgehead atoms. The normalized spacial score (nSPS) is 16.4. The summed E-state index contributed by atoms with van der Waals surface area (Å²) in [6.07, 6.45) is 0. The summed E-state index contributed by atoms with van der Waals surface area (Å²) in [5.41, 5.74) is 0.501. The second-order valence-electron chi connectivity index (χ2n) is 6.20. The van der Waals surface area contributed by atoms with Gasteiger partial charge in [-0.2, -0.15) is 8.78 Å². The van der Waals surface area contributed by atoms with E-state index in [0.717, 1.165) is 26.3 Å². The highest BCUT2D eigenvalue weighted by atomic mass is 127. The number of morpholine rings is 1. The molecule has 1 aromatic rings. The molecule has 1 saturated heterocycles. The molecule has 2 rings (SSSR count). The van der Waals surface area contributed by atoms with Crippen LogP contribution in [0.15, 0.2) is 23.2 Å². The minimum Gasteiger partial charge on any atom is -0.434 e. The van der Waals surface area contributed by atoms with Gasteiger partial charge in [0.25, 0.3) is 0 Å². The van der Waals surface area contributed by atoms with Gasteiger partial charge in [0.1, 0.15) is 5.75 Å². The number of nitrogens with one attached hydrogen (secondary N) is 2. The monoisotopic (exact) mass is 532 g/mol. The molecular formula is C18H28ClF2IN4O2. The van der Waals surface area contributed by atoms with Crippen molar-refractivity contribution in [2.75, 3.05) is 39.4 Å². The quantitative estimate of drug-likeness (QED) is 0.306. The Morgan fingerprint density at radius 2 is 2.04 bits per heavy atom. The third-order valence-corrected chi connectivity index (χ3v) is 4.46. The molecule has 160 valence electrons. The maximum atomic E-state index is 12.6. The molecule has 0 saturated carbocycles. The van der Waals surface area contributed by atoms with Crippen LogP contribution in [0.3, 0.4) is 0 Å². The summed E-state index contributed by atoms with van der Waals surface area (Å²) in [7, 11) is 0. The zero-order chi connectivity index (χ0) is 19.6. The number of guanidine groups is 1. The first-order valence-corrected chi connectivity index (χ1v) is 9.44. The van der Waals surface area contributed by atoms with Gasteiger partial charge in [0, 0.05) is 42.8 Å². The number of hydrogen-bond donors (Lipinski definition) is 2. The molecule has 1 unspecified atom stereocenters. The topological polar surface area (TPSA) is 58.1 Å². The van der Waals surface area contributed by atoms with Crippen LogP contribution < -0.4 is 15.4 Å². The molecule has 1 heterocycles. The lowest BCUT2D eigenvalue weighted by Gasteiger charge is -2.32. The Bertz CT molecular complexity index is 619. The maximum Gasteiger partial charge on any atom is 0.387 e. The van der Waals surface area contributed by atoms with Crippen molar-refractivity contribution in [2.45, 2.75) is 33.0 Å². The number of rotatable bonds is 8. The largest absolute Gasteiger partial charge is 0.434 e. The van der Waals surface area contributed by atoms with Gasteiger partial charge in [-0.25, -0.2) is 4.99 Å². The third kappa shape index (κ3) is 8.62. The van der Waals surface area contributed by atoms with Gasteiger partial charge in [-0.05, 0) is 32.0 Å². The van der Waals surface area contributed by atoms with E-state index in [1.165, 1.54) is 12.1 Å². The summed E-state index contributed by atoms with van der Waals surface area (Å²) in [6.45, 7) is 6.11. The van der Waals surface area contributed by atoms with Crippen molar-refractivity contribution >= 4 is 41.5 Å². The summed E-state index contributed by atoms with van der Waals surface area (Å²) in [4.78, 5) is 6.83. The van der Waals surface area contributed by atoms with E-state index < -0.39 is 6.61 Å². The Balaban J connectivity index is 0.00000392. The Hall–Kier alpha value is -0.910. The Morgan fingerprint density at radius 1 is 1.32 bits per heavy atom. The second-order valence-corrected chi connectivity index (χ2v) is 6.64. The first-order chi connectivity index (χ1) is 13.0. The predicted octanol–water partition coefficient (Wildman–Crippen LogP) is 3.34. The van der Waals surface area contributed by atoms with Crippen LogP contribution >= 0.6 is 35.6 Å². The van der Waals surface area contributed by atoms with Gasteiger partial charge in [-0.1, -0.05) is 11.6 Å². The fourth-order valence-corrected chi connectivity index (χ4v) is 2.97. The molecular weight excluding hydrogens is 505 g/mol. The summed E-state index contributed by atoms with van der Waals surface area (Å²) in [6, 6.07) is 4.85. The fraction of sp³-hybridized carbons (Fsp3) is 0.611. The Morgan fingerprint density at radius 3 is 2.68 bits per heavy atom. The molecule has 1 atom stereocenters. The molecule has 2 N–H and O–H groups in total. The highest BCUT2D eigenvalue weighted by molar-refractivity contribution is 14.0. The molecule has 1 aromatic carbocycles. The van der Waals surface area contributed by atoms with Crippen molar-refractivity contribution in [1.82, 2.24) is 15.5 Å². The van der Waals surface area contributed by atoms with E-state index in [-0.39, 0.29) is 36.3 Å². The van der Waals surface area contributed by atoms with Crippen molar-refractivity contribution in [3.8, 4) is 5.75 Å². The van der Waals surface area contributed by atoms with Gasteiger partial charge in [0.05, 0.1) is 19.8 Å². The van der Waals surface area contributed by atoms with Crippen LogP contribution in [0, 0.1) is 0 Å². The number of alkyl halides is 2. The summed E-state index contributed by atoms with van der Waals surface area (Å²) in [5.74, 6) is 0.691. The van der Waals surface area contributed by atoms with Gasteiger partial charge >= 0.3 is 6.61 Å². The van der Waals surface area contributed by atoms with Gasteiger partial charge in [0.2, 0.25) is 0 Å². The SMILES string of the molecule is CCNC(=NCc1cc(Cl)ccc1OC(F)F)NCC(C)N1CCOCC1.I. The average molecular weight is 533 g/mol. The summed E-state index contributed by atoms with van der Waals surface area (Å²) < 4.78 is 35.1. The molecule has 0 aromatic heterocycles. The van der Waals surface area contributed by atoms with E-state index >= 15 is 0 Å². The van der Waals surface area contributed by atoms with Crippen molar-refractivity contribution in [1.29, 1.82) is 0 Å². The van der Waals surface area contributed by atoms with Gasteiger partial charge in [-0.3, -0.25) is 4.90 Å². The zero-order valence-electron chi connectivity index (χ0n) is 16.1. The van der Waals surface area contributed by atoms with Crippen LogP contribution in [0.4, 0.5) is 8.78 Å². The third-order valence-electron chi connectivity index (χ3n) is 4.22. The maximum absolute atomic E-state index is 12.6. The molecule has 10 heteroatoms. The van der Waals surface area contributed by atoms with Crippen LogP contribution in [-0.4, -0.2) is 62.9 Å². The van der Waals surface area contributed by atoms with Crippen molar-refractivity contribution in [2.24, 2.45) is 4.99 Å². The van der Waals surface area contributed by atoms with Crippen molar-refractivity contribution in [3.63, 3.8) is 0 Å². The Kier molecular flexibility index (Phi) is 12.0. The number of hydrogen-bond acceptors (Lipinski definition) is 4. The van der Waals surface area contributed by atoms with E-state index in [0.29, 0.717) is 35.7 Å². The van der Waals surface area contributed by atoms with Crippen LogP contribution in [0.1, 0.15) is 19.4 Å². The summed E-state index contributed by atoms with van der Waals surface area (Å²) >= 11 is 5.98. The van der Waals surface area contributed by atoms with E-state index in [1.807, 2.05) is 6.92 Å². The molecule has 1 aliphatic rings. The highest BCUT2D eigenvalue weighted by Crippen LogP contribution is 2.25. The molecule has 1 fully saturated rings. The van der Waals surface area contributed by atoms with Gasteiger partial charge in [-0.15, -0.1) is 24.0 Å². The number of nitrogens with zero attached hydrogens (tertiary/aromatic N) is 2. The van der Waals surface area contributed by atoms with Gasteiger partial charge in [0.15, 0.2) is 5.96 Å². The minimum atomic E-state index is -2.89. The number of ether oxygens (including phenoxy) is 2. The smallest absolute Gasteiger partial charge is 0.387 e. The van der Waals surface area contributed by atoms with Crippen LogP contribution in [0.5, 0.6) is 5.75 Å². The van der Waals surface area contributed by atoms with E-state index in [9.17, 15) is 8.78 Å². The number of halogens is 4. The first-order valence-electron chi connectivity index (χ1n) is 9.06. The fourth-order valence-electron chi connectivity index (χ4n) is 2.78. The van der Waals surface area contributed by atoms with E-state index in [4.69, 9.17) is 16.3 Å². The molecule has 1 aliphatic heterocycles. The molecule has 0 spiro atoms. The number of benzene rings is 1.